The third kappa shape index (κ3) is 7.64. The van der Waals surface area contributed by atoms with Crippen molar-refractivity contribution in [2.45, 2.75) is 25.1 Å². The molecular weight excluding hydrogens is 541 g/mol. The van der Waals surface area contributed by atoms with Crippen LogP contribution in [0.5, 0.6) is 0 Å². The van der Waals surface area contributed by atoms with Crippen LogP contribution >= 0.6 is 24.0 Å². The van der Waals surface area contributed by atoms with Gasteiger partial charge in [0.2, 0.25) is 5.95 Å². The van der Waals surface area contributed by atoms with Crippen molar-refractivity contribution < 1.29 is 17.6 Å². The number of hydrogen-bond acceptors (Lipinski definition) is 5. The summed E-state index contributed by atoms with van der Waals surface area (Å²) in [5.41, 5.74) is -0.108. The van der Waals surface area contributed by atoms with Crippen LogP contribution in [0.25, 0.3) is 0 Å². The fourth-order valence-corrected chi connectivity index (χ4v) is 3.30. The first-order valence-electron chi connectivity index (χ1n) is 9.97. The molecule has 0 amide bonds. The van der Waals surface area contributed by atoms with Gasteiger partial charge in [0.1, 0.15) is 11.5 Å². The molecule has 3 N–H and O–H groups in total. The summed E-state index contributed by atoms with van der Waals surface area (Å²) in [6.07, 6.45) is -1.70. The van der Waals surface area contributed by atoms with E-state index >= 15 is 0 Å². The Kier molecular flexibility index (Phi) is 9.72. The number of halogens is 5. The molecule has 3 rings (SSSR count). The Hall–Kier alpha value is -2.38. The highest BCUT2D eigenvalue weighted by Gasteiger charge is 2.32. The van der Waals surface area contributed by atoms with Gasteiger partial charge in [-0.3, -0.25) is 4.99 Å². The summed E-state index contributed by atoms with van der Waals surface area (Å²) in [5, 5.41) is 9.23. The topological polar surface area (TPSA) is 77.5 Å². The van der Waals surface area contributed by atoms with Crippen LogP contribution in [0.4, 0.5) is 29.2 Å². The van der Waals surface area contributed by atoms with Gasteiger partial charge in [0.05, 0.1) is 0 Å². The van der Waals surface area contributed by atoms with Crippen molar-refractivity contribution in [1.29, 1.82) is 0 Å². The van der Waals surface area contributed by atoms with Crippen molar-refractivity contribution >= 4 is 41.6 Å². The van der Waals surface area contributed by atoms with Crippen molar-refractivity contribution in [1.82, 2.24) is 20.6 Å². The van der Waals surface area contributed by atoms with E-state index in [2.05, 4.69) is 35.8 Å². The quantitative estimate of drug-likeness (QED) is 0.163. The molecule has 0 saturated carbocycles. The third-order valence-electron chi connectivity index (χ3n) is 4.88. The molecule has 0 atom stereocenters. The monoisotopic (exact) mass is 567 g/mol. The van der Waals surface area contributed by atoms with Gasteiger partial charge in [0, 0.05) is 51.2 Å². The Morgan fingerprint density at radius 3 is 2.59 bits per heavy atom. The number of hydrogen-bond donors (Lipinski definition) is 3. The maximum atomic E-state index is 13.4. The molecule has 1 aliphatic heterocycles. The van der Waals surface area contributed by atoms with Gasteiger partial charge >= 0.3 is 6.18 Å². The van der Waals surface area contributed by atoms with Gasteiger partial charge in [-0.1, -0.05) is 6.07 Å². The predicted molar refractivity (Wildman–Crippen MR) is 127 cm³/mol. The highest BCUT2D eigenvalue weighted by Crippen LogP contribution is 2.27. The maximum Gasteiger partial charge on any atom is 0.433 e. The van der Waals surface area contributed by atoms with Crippen LogP contribution in [-0.2, 0) is 6.18 Å². The molecule has 0 spiro atoms. The zero-order valence-corrected chi connectivity index (χ0v) is 19.8. The Morgan fingerprint density at radius 2 is 1.94 bits per heavy atom. The molecule has 12 heteroatoms. The minimum Gasteiger partial charge on any atom is -0.371 e. The van der Waals surface area contributed by atoms with Crippen LogP contribution in [0.2, 0.25) is 0 Å². The Labute approximate surface area is 201 Å². The summed E-state index contributed by atoms with van der Waals surface area (Å²) < 4.78 is 51.5. The van der Waals surface area contributed by atoms with Crippen LogP contribution in [0.3, 0.4) is 0 Å². The lowest BCUT2D eigenvalue weighted by atomic mass is 10.0. The molecule has 7 nitrogen and oxygen atoms in total. The van der Waals surface area contributed by atoms with Crippen LogP contribution < -0.4 is 20.9 Å². The zero-order chi connectivity index (χ0) is 22.3. The molecule has 176 valence electrons. The van der Waals surface area contributed by atoms with Crippen LogP contribution in [0.1, 0.15) is 18.5 Å². The van der Waals surface area contributed by atoms with Crippen LogP contribution in [0, 0.1) is 5.82 Å². The molecule has 1 fully saturated rings. The second-order valence-electron chi connectivity index (χ2n) is 7.07. The fraction of sp³-hybridized carbons (Fsp3) is 0.450. The van der Waals surface area contributed by atoms with Gasteiger partial charge in [0.25, 0.3) is 0 Å². The first-order valence-corrected chi connectivity index (χ1v) is 9.97. The SMILES string of the molecule is CN=C(NCCNc1nccc(C(F)(F)F)n1)NC1CCN(c2cccc(F)c2)CC1.I. The average Bonchev–Trinajstić information content (AvgIpc) is 2.76. The molecule has 1 aromatic carbocycles. The minimum absolute atomic E-state index is 0. The first kappa shape index (κ1) is 25.9. The second kappa shape index (κ2) is 12.0. The molecule has 0 radical (unpaired) electrons. The summed E-state index contributed by atoms with van der Waals surface area (Å²) >= 11 is 0. The van der Waals surface area contributed by atoms with E-state index in [4.69, 9.17) is 0 Å². The summed E-state index contributed by atoms with van der Waals surface area (Å²) in [6.45, 7) is 2.33. The number of aromatic nitrogens is 2. The van der Waals surface area contributed by atoms with Crippen molar-refractivity contribution in [2.75, 3.05) is 43.4 Å². The summed E-state index contributed by atoms with van der Waals surface area (Å²) in [6, 6.07) is 7.62. The standard InChI is InChI=1S/C20H25F4N7.HI/c1-25-18(27-9-10-28-19-26-8-5-17(30-19)20(22,23)24)29-15-6-11-31(12-7-15)16-4-2-3-14(21)13-16;/h2-5,8,13,15H,6-7,9-12H2,1H3,(H2,25,27,29)(H,26,28,30);1H. The smallest absolute Gasteiger partial charge is 0.371 e. The van der Waals surface area contributed by atoms with Gasteiger partial charge in [-0.25, -0.2) is 14.4 Å². The normalized spacial score (nSPS) is 15.2. The molecule has 1 aliphatic rings. The summed E-state index contributed by atoms with van der Waals surface area (Å²) in [4.78, 5) is 13.6. The highest BCUT2D eigenvalue weighted by molar-refractivity contribution is 14.0. The van der Waals surface area contributed by atoms with E-state index in [1.807, 2.05) is 6.07 Å². The van der Waals surface area contributed by atoms with Crippen LogP contribution in [0.15, 0.2) is 41.5 Å². The van der Waals surface area contributed by atoms with Gasteiger partial charge in [-0.2, -0.15) is 13.2 Å². The molecule has 1 aromatic heterocycles. The Morgan fingerprint density at radius 1 is 1.19 bits per heavy atom. The van der Waals surface area contributed by atoms with E-state index in [-0.39, 0.29) is 41.8 Å². The van der Waals surface area contributed by atoms with E-state index in [9.17, 15) is 17.6 Å². The van der Waals surface area contributed by atoms with Crippen LogP contribution in [-0.4, -0.2) is 55.2 Å². The third-order valence-corrected chi connectivity index (χ3v) is 4.88. The Balaban J connectivity index is 0.00000363. The fourth-order valence-electron chi connectivity index (χ4n) is 3.30. The number of piperidine rings is 1. The summed E-state index contributed by atoms with van der Waals surface area (Å²) in [7, 11) is 1.65. The number of rotatable bonds is 6. The number of aliphatic imine (C=N–C) groups is 1. The lowest BCUT2D eigenvalue weighted by Crippen LogP contribution is -2.49. The number of nitrogens with one attached hydrogen (secondary N) is 3. The van der Waals surface area contributed by atoms with Crippen molar-refractivity contribution in [3.05, 3.63) is 48.0 Å². The molecule has 2 heterocycles. The van der Waals surface area contributed by atoms with E-state index < -0.39 is 11.9 Å². The van der Waals surface area contributed by atoms with E-state index in [0.29, 0.717) is 19.0 Å². The number of guanidine groups is 1. The molecule has 0 bridgehead atoms. The van der Waals surface area contributed by atoms with Gasteiger partial charge in [-0.15, -0.1) is 24.0 Å². The van der Waals surface area contributed by atoms with E-state index in [1.54, 1.807) is 13.1 Å². The molecule has 2 aromatic rings. The molecule has 0 aliphatic carbocycles. The number of benzene rings is 1. The van der Waals surface area contributed by atoms with Gasteiger partial charge in [-0.05, 0) is 37.1 Å². The highest BCUT2D eigenvalue weighted by atomic mass is 127. The first-order chi connectivity index (χ1) is 14.8. The molecule has 1 saturated heterocycles. The summed E-state index contributed by atoms with van der Waals surface area (Å²) in [5.74, 6) is 0.284. The minimum atomic E-state index is -4.51. The molecular formula is C20H26F4IN7. The maximum absolute atomic E-state index is 13.4. The lowest BCUT2D eigenvalue weighted by Gasteiger charge is -2.34. The van der Waals surface area contributed by atoms with E-state index in [0.717, 1.165) is 43.9 Å². The molecule has 32 heavy (non-hydrogen) atoms. The largest absolute Gasteiger partial charge is 0.433 e. The zero-order valence-electron chi connectivity index (χ0n) is 17.5. The van der Waals surface area contributed by atoms with Crippen molar-refractivity contribution in [3.8, 4) is 0 Å². The number of alkyl halides is 3. The average molecular weight is 567 g/mol. The predicted octanol–water partition coefficient (Wildman–Crippen LogP) is 3.50. The lowest BCUT2D eigenvalue weighted by molar-refractivity contribution is -0.141. The van der Waals surface area contributed by atoms with Crippen molar-refractivity contribution in [2.24, 2.45) is 4.99 Å². The number of anilines is 2. The molecule has 0 unspecified atom stereocenters. The Bertz CT molecular complexity index is 886. The second-order valence-corrected chi connectivity index (χ2v) is 7.07. The number of nitrogens with zero attached hydrogens (tertiary/aromatic N) is 4. The van der Waals surface area contributed by atoms with Gasteiger partial charge < -0.3 is 20.9 Å². The van der Waals surface area contributed by atoms with Gasteiger partial charge in [0.15, 0.2) is 5.96 Å². The van der Waals surface area contributed by atoms with Crippen molar-refractivity contribution in [3.63, 3.8) is 0 Å². The van der Waals surface area contributed by atoms with E-state index in [1.165, 1.54) is 12.1 Å².